The molecular formula is C13H24N2O. The van der Waals surface area contributed by atoms with E-state index in [-0.39, 0.29) is 11.3 Å². The molecule has 0 bridgehead atoms. The van der Waals surface area contributed by atoms with E-state index in [1.54, 1.807) is 0 Å². The highest BCUT2D eigenvalue weighted by Crippen LogP contribution is 2.37. The average Bonchev–Trinajstić information content (AvgIpc) is 2.70. The molecule has 0 aromatic rings. The lowest BCUT2D eigenvalue weighted by atomic mass is 9.86. The smallest absolute Gasteiger partial charge is 0.226 e. The number of nitrogens with one attached hydrogen (secondary N) is 2. The third-order valence-electron chi connectivity index (χ3n) is 4.40. The van der Waals surface area contributed by atoms with Gasteiger partial charge in [0.1, 0.15) is 0 Å². The molecule has 1 heterocycles. The molecule has 3 nitrogen and oxygen atoms in total. The largest absolute Gasteiger partial charge is 0.351 e. The highest BCUT2D eigenvalue weighted by Gasteiger charge is 2.37. The molecule has 2 rings (SSSR count). The Morgan fingerprint density at radius 3 is 2.69 bits per heavy atom. The Balaban J connectivity index is 1.90. The van der Waals surface area contributed by atoms with Crippen LogP contribution in [0.3, 0.4) is 0 Å². The SMILES string of the molecule is CC1CCNCC1NC(=O)C1(C)CCCC1. The molecule has 2 aliphatic rings. The fourth-order valence-electron chi connectivity index (χ4n) is 2.91. The van der Waals surface area contributed by atoms with Gasteiger partial charge in [0, 0.05) is 18.0 Å². The molecule has 1 aliphatic carbocycles. The van der Waals surface area contributed by atoms with Crippen LogP contribution in [0.25, 0.3) is 0 Å². The maximum atomic E-state index is 12.2. The van der Waals surface area contributed by atoms with E-state index in [0.717, 1.165) is 25.9 Å². The lowest BCUT2D eigenvalue weighted by Gasteiger charge is -2.33. The first-order chi connectivity index (χ1) is 7.62. The van der Waals surface area contributed by atoms with Crippen LogP contribution in [0.2, 0.25) is 0 Å². The van der Waals surface area contributed by atoms with Crippen molar-refractivity contribution in [3.63, 3.8) is 0 Å². The third-order valence-corrected chi connectivity index (χ3v) is 4.40. The van der Waals surface area contributed by atoms with Gasteiger partial charge in [-0.25, -0.2) is 0 Å². The Labute approximate surface area is 98.4 Å². The number of piperidine rings is 1. The molecule has 0 aromatic heterocycles. The summed E-state index contributed by atoms with van der Waals surface area (Å²) in [5.74, 6) is 0.890. The lowest BCUT2D eigenvalue weighted by molar-refractivity contribution is -0.131. The molecule has 0 radical (unpaired) electrons. The summed E-state index contributed by atoms with van der Waals surface area (Å²) in [6.07, 6.45) is 5.72. The minimum Gasteiger partial charge on any atom is -0.351 e. The van der Waals surface area contributed by atoms with Crippen LogP contribution in [0.15, 0.2) is 0 Å². The molecule has 1 saturated carbocycles. The minimum atomic E-state index is -0.0861. The van der Waals surface area contributed by atoms with Gasteiger partial charge in [-0.1, -0.05) is 26.7 Å². The molecule has 2 fully saturated rings. The van der Waals surface area contributed by atoms with E-state index >= 15 is 0 Å². The summed E-state index contributed by atoms with van der Waals surface area (Å²) in [6.45, 7) is 6.38. The van der Waals surface area contributed by atoms with Gasteiger partial charge in [0.25, 0.3) is 0 Å². The van der Waals surface area contributed by atoms with E-state index in [0.29, 0.717) is 12.0 Å². The fourth-order valence-corrected chi connectivity index (χ4v) is 2.91. The van der Waals surface area contributed by atoms with Gasteiger partial charge in [-0.15, -0.1) is 0 Å². The van der Waals surface area contributed by atoms with Crippen molar-refractivity contribution in [2.24, 2.45) is 11.3 Å². The quantitative estimate of drug-likeness (QED) is 0.749. The van der Waals surface area contributed by atoms with Crippen LogP contribution < -0.4 is 10.6 Å². The first-order valence-electron chi connectivity index (χ1n) is 6.63. The van der Waals surface area contributed by atoms with E-state index in [2.05, 4.69) is 24.5 Å². The molecule has 2 N–H and O–H groups in total. The molecular weight excluding hydrogens is 200 g/mol. The summed E-state index contributed by atoms with van der Waals surface area (Å²) in [6, 6.07) is 0.332. The van der Waals surface area contributed by atoms with Crippen LogP contribution in [-0.4, -0.2) is 25.0 Å². The van der Waals surface area contributed by atoms with Crippen LogP contribution in [0, 0.1) is 11.3 Å². The molecule has 1 amide bonds. The second-order valence-electron chi connectivity index (χ2n) is 5.82. The Hall–Kier alpha value is -0.570. The summed E-state index contributed by atoms with van der Waals surface area (Å²) in [5.41, 5.74) is -0.0861. The van der Waals surface area contributed by atoms with Crippen molar-refractivity contribution in [3.8, 4) is 0 Å². The number of hydrogen-bond acceptors (Lipinski definition) is 2. The normalized spacial score (nSPS) is 33.6. The first-order valence-corrected chi connectivity index (χ1v) is 6.63. The number of rotatable bonds is 2. The average molecular weight is 224 g/mol. The molecule has 2 unspecified atom stereocenters. The van der Waals surface area contributed by atoms with Crippen molar-refractivity contribution < 1.29 is 4.79 Å². The highest BCUT2D eigenvalue weighted by atomic mass is 16.2. The molecule has 92 valence electrons. The van der Waals surface area contributed by atoms with E-state index in [9.17, 15) is 4.79 Å². The molecule has 0 aromatic carbocycles. The van der Waals surface area contributed by atoms with Gasteiger partial charge in [0.05, 0.1) is 0 Å². The van der Waals surface area contributed by atoms with E-state index in [1.165, 1.54) is 19.3 Å². The fraction of sp³-hybridized carbons (Fsp3) is 0.923. The van der Waals surface area contributed by atoms with Gasteiger partial charge < -0.3 is 10.6 Å². The maximum absolute atomic E-state index is 12.2. The van der Waals surface area contributed by atoms with E-state index in [1.807, 2.05) is 0 Å². The van der Waals surface area contributed by atoms with Crippen molar-refractivity contribution in [1.82, 2.24) is 10.6 Å². The number of amides is 1. The summed E-state index contributed by atoms with van der Waals surface area (Å²) >= 11 is 0. The van der Waals surface area contributed by atoms with E-state index < -0.39 is 0 Å². The second-order valence-corrected chi connectivity index (χ2v) is 5.82. The summed E-state index contributed by atoms with van der Waals surface area (Å²) in [7, 11) is 0. The van der Waals surface area contributed by atoms with Gasteiger partial charge in [-0.05, 0) is 31.7 Å². The molecule has 16 heavy (non-hydrogen) atoms. The van der Waals surface area contributed by atoms with Gasteiger partial charge in [0.15, 0.2) is 0 Å². The Bertz CT molecular complexity index is 259. The number of carbonyl (C=O) groups excluding carboxylic acids is 1. The zero-order chi connectivity index (χ0) is 11.6. The highest BCUT2D eigenvalue weighted by molar-refractivity contribution is 5.82. The monoisotopic (exact) mass is 224 g/mol. The van der Waals surface area contributed by atoms with Crippen LogP contribution >= 0.6 is 0 Å². The third kappa shape index (κ3) is 2.40. The maximum Gasteiger partial charge on any atom is 0.226 e. The molecule has 0 spiro atoms. The summed E-state index contributed by atoms with van der Waals surface area (Å²) < 4.78 is 0. The van der Waals surface area contributed by atoms with Gasteiger partial charge in [-0.3, -0.25) is 4.79 Å². The van der Waals surface area contributed by atoms with Crippen LogP contribution in [-0.2, 0) is 4.79 Å². The van der Waals surface area contributed by atoms with Crippen molar-refractivity contribution in [1.29, 1.82) is 0 Å². The number of carbonyl (C=O) groups is 1. The standard InChI is InChI=1S/C13H24N2O/c1-10-5-8-14-9-11(10)15-12(16)13(2)6-3-4-7-13/h10-11,14H,3-9H2,1-2H3,(H,15,16). The molecule has 3 heteroatoms. The Morgan fingerprint density at radius 2 is 2.06 bits per heavy atom. The summed E-state index contributed by atoms with van der Waals surface area (Å²) in [4.78, 5) is 12.2. The zero-order valence-electron chi connectivity index (χ0n) is 10.5. The number of hydrogen-bond donors (Lipinski definition) is 2. The molecule has 1 aliphatic heterocycles. The minimum absolute atomic E-state index is 0.0861. The lowest BCUT2D eigenvalue weighted by Crippen LogP contribution is -2.53. The van der Waals surface area contributed by atoms with Crippen molar-refractivity contribution in [2.45, 2.75) is 52.0 Å². The topological polar surface area (TPSA) is 41.1 Å². The zero-order valence-corrected chi connectivity index (χ0v) is 10.5. The van der Waals surface area contributed by atoms with E-state index in [4.69, 9.17) is 0 Å². The predicted molar refractivity (Wildman–Crippen MR) is 65.2 cm³/mol. The van der Waals surface area contributed by atoms with Gasteiger partial charge in [0.2, 0.25) is 5.91 Å². The molecule has 2 atom stereocenters. The van der Waals surface area contributed by atoms with Gasteiger partial charge in [-0.2, -0.15) is 0 Å². The predicted octanol–water partition coefficient (Wildman–Crippen LogP) is 1.68. The van der Waals surface area contributed by atoms with Crippen molar-refractivity contribution >= 4 is 5.91 Å². The van der Waals surface area contributed by atoms with Crippen molar-refractivity contribution in [3.05, 3.63) is 0 Å². The van der Waals surface area contributed by atoms with Crippen molar-refractivity contribution in [2.75, 3.05) is 13.1 Å². The van der Waals surface area contributed by atoms with Crippen LogP contribution in [0.1, 0.15) is 46.0 Å². The summed E-state index contributed by atoms with van der Waals surface area (Å²) in [5, 5.41) is 6.61. The second kappa shape index (κ2) is 4.74. The van der Waals surface area contributed by atoms with Gasteiger partial charge >= 0.3 is 0 Å². The molecule has 1 saturated heterocycles. The van der Waals surface area contributed by atoms with Crippen LogP contribution in [0.5, 0.6) is 0 Å². The Morgan fingerprint density at radius 1 is 1.38 bits per heavy atom. The van der Waals surface area contributed by atoms with Crippen LogP contribution in [0.4, 0.5) is 0 Å². The first kappa shape index (κ1) is 11.9. The Kier molecular flexibility index (Phi) is 3.53.